The van der Waals surface area contributed by atoms with Crippen molar-refractivity contribution in [1.29, 1.82) is 0 Å². The average molecular weight is 178 g/mol. The zero-order valence-electron chi connectivity index (χ0n) is 7.06. The molecule has 1 aliphatic carbocycles. The Morgan fingerprint density at radius 3 is 2.38 bits per heavy atom. The van der Waals surface area contributed by atoms with Crippen LogP contribution in [0.1, 0.15) is 18.4 Å². The second-order valence-corrected chi connectivity index (χ2v) is 3.33. The zero-order chi connectivity index (χ0) is 9.31. The Morgan fingerprint density at radius 2 is 1.92 bits per heavy atom. The third-order valence-corrected chi connectivity index (χ3v) is 2.55. The summed E-state index contributed by atoms with van der Waals surface area (Å²) >= 11 is 0. The van der Waals surface area contributed by atoms with Crippen molar-refractivity contribution in [3.8, 4) is 0 Å². The number of hydrogen-bond donors (Lipinski definition) is 1. The van der Waals surface area contributed by atoms with Crippen molar-refractivity contribution in [3.05, 3.63) is 35.9 Å². The molecule has 0 saturated heterocycles. The van der Waals surface area contributed by atoms with E-state index in [1.54, 1.807) is 0 Å². The number of rotatable bonds is 2. The van der Waals surface area contributed by atoms with Crippen LogP contribution >= 0.6 is 0 Å². The Kier molecular flexibility index (Phi) is 1.81. The summed E-state index contributed by atoms with van der Waals surface area (Å²) in [6, 6.07) is 9.40. The van der Waals surface area contributed by atoms with Gasteiger partial charge in [-0.05, 0) is 18.4 Å². The standard InChI is InChI=1S/C10H10O3/c11-9(13-12)10(6-7-10)8-4-2-1-3-5-8/h1-5,12H,6-7H2. The minimum atomic E-state index is -0.560. The lowest BCUT2D eigenvalue weighted by Crippen LogP contribution is -2.21. The van der Waals surface area contributed by atoms with E-state index in [0.29, 0.717) is 0 Å². The number of carbonyl (C=O) groups excluding carboxylic acids is 1. The molecule has 1 saturated carbocycles. The first-order valence-corrected chi connectivity index (χ1v) is 4.21. The van der Waals surface area contributed by atoms with E-state index in [1.165, 1.54) is 0 Å². The van der Waals surface area contributed by atoms with Crippen LogP contribution in [0.2, 0.25) is 0 Å². The molecule has 1 aromatic carbocycles. The minimum Gasteiger partial charge on any atom is -0.300 e. The highest BCUT2D eigenvalue weighted by Gasteiger charge is 2.53. The first kappa shape index (κ1) is 8.26. The van der Waals surface area contributed by atoms with Gasteiger partial charge in [-0.15, -0.1) is 0 Å². The second-order valence-electron chi connectivity index (χ2n) is 3.33. The van der Waals surface area contributed by atoms with E-state index in [2.05, 4.69) is 4.89 Å². The largest absolute Gasteiger partial charge is 0.352 e. The fourth-order valence-electron chi connectivity index (χ4n) is 1.58. The first-order chi connectivity index (χ1) is 6.29. The van der Waals surface area contributed by atoms with E-state index in [4.69, 9.17) is 5.26 Å². The fourth-order valence-corrected chi connectivity index (χ4v) is 1.58. The highest BCUT2D eigenvalue weighted by molar-refractivity contribution is 5.86. The van der Waals surface area contributed by atoms with Crippen LogP contribution < -0.4 is 0 Å². The predicted molar refractivity (Wildman–Crippen MR) is 46.1 cm³/mol. The molecular weight excluding hydrogens is 168 g/mol. The molecule has 0 amide bonds. The van der Waals surface area contributed by atoms with E-state index in [1.807, 2.05) is 30.3 Å². The van der Waals surface area contributed by atoms with Gasteiger partial charge in [-0.25, -0.2) is 4.79 Å². The molecule has 0 bridgehead atoms. The van der Waals surface area contributed by atoms with Gasteiger partial charge in [-0.2, -0.15) is 5.26 Å². The van der Waals surface area contributed by atoms with E-state index >= 15 is 0 Å². The highest BCUT2D eigenvalue weighted by Crippen LogP contribution is 2.48. The predicted octanol–water partition coefficient (Wildman–Crippen LogP) is 1.73. The summed E-state index contributed by atoms with van der Waals surface area (Å²) in [7, 11) is 0. The van der Waals surface area contributed by atoms with E-state index < -0.39 is 11.4 Å². The van der Waals surface area contributed by atoms with Crippen molar-refractivity contribution in [2.24, 2.45) is 0 Å². The number of benzene rings is 1. The van der Waals surface area contributed by atoms with Crippen molar-refractivity contribution in [2.75, 3.05) is 0 Å². The molecule has 3 heteroatoms. The summed E-state index contributed by atoms with van der Waals surface area (Å²) in [5, 5.41) is 8.32. The maximum absolute atomic E-state index is 11.2. The third-order valence-electron chi connectivity index (χ3n) is 2.55. The van der Waals surface area contributed by atoms with Crippen LogP contribution in [-0.2, 0) is 15.1 Å². The monoisotopic (exact) mass is 178 g/mol. The Morgan fingerprint density at radius 1 is 1.31 bits per heavy atom. The molecule has 1 N–H and O–H groups in total. The molecule has 0 heterocycles. The fraction of sp³-hybridized carbons (Fsp3) is 0.300. The maximum Gasteiger partial charge on any atom is 0.352 e. The Balaban J connectivity index is 2.31. The molecule has 0 atom stereocenters. The lowest BCUT2D eigenvalue weighted by molar-refractivity contribution is -0.237. The molecule has 0 aliphatic heterocycles. The lowest BCUT2D eigenvalue weighted by Gasteiger charge is -2.10. The van der Waals surface area contributed by atoms with Gasteiger partial charge in [-0.1, -0.05) is 30.3 Å². The van der Waals surface area contributed by atoms with Gasteiger partial charge in [0.2, 0.25) is 0 Å². The van der Waals surface area contributed by atoms with Gasteiger partial charge in [0.15, 0.2) is 0 Å². The van der Waals surface area contributed by atoms with Crippen LogP contribution in [0, 0.1) is 0 Å². The third kappa shape index (κ3) is 1.21. The minimum absolute atomic E-state index is 0.543. The van der Waals surface area contributed by atoms with Gasteiger partial charge in [0.1, 0.15) is 0 Å². The second kappa shape index (κ2) is 2.85. The van der Waals surface area contributed by atoms with Crippen LogP contribution in [0.15, 0.2) is 30.3 Å². The topological polar surface area (TPSA) is 46.5 Å². The molecule has 0 spiro atoms. The molecule has 1 fully saturated rings. The quantitative estimate of drug-likeness (QED) is 0.554. The molecule has 13 heavy (non-hydrogen) atoms. The molecule has 1 aliphatic rings. The molecule has 1 aromatic rings. The van der Waals surface area contributed by atoms with E-state index in [9.17, 15) is 4.79 Å². The van der Waals surface area contributed by atoms with Crippen LogP contribution in [0.3, 0.4) is 0 Å². The summed E-state index contributed by atoms with van der Waals surface area (Å²) in [5.41, 5.74) is 0.366. The van der Waals surface area contributed by atoms with Crippen molar-refractivity contribution in [3.63, 3.8) is 0 Å². The van der Waals surface area contributed by atoms with Crippen LogP contribution in [0.5, 0.6) is 0 Å². The normalized spacial score (nSPS) is 17.9. The first-order valence-electron chi connectivity index (χ1n) is 4.21. The average Bonchev–Trinajstić information content (AvgIpc) is 2.99. The van der Waals surface area contributed by atoms with Crippen molar-refractivity contribution >= 4 is 5.97 Å². The maximum atomic E-state index is 11.2. The molecular formula is C10H10O3. The van der Waals surface area contributed by atoms with Crippen LogP contribution in [0.25, 0.3) is 0 Å². The zero-order valence-corrected chi connectivity index (χ0v) is 7.06. The Bertz CT molecular complexity index is 314. The smallest absolute Gasteiger partial charge is 0.300 e. The molecule has 68 valence electrons. The SMILES string of the molecule is O=C(OO)C1(c2ccccc2)CC1. The summed E-state index contributed by atoms with van der Waals surface area (Å²) in [6.07, 6.45) is 1.52. The van der Waals surface area contributed by atoms with Crippen LogP contribution in [-0.4, -0.2) is 11.2 Å². The van der Waals surface area contributed by atoms with Gasteiger partial charge in [-0.3, -0.25) is 0 Å². The Labute approximate surface area is 75.9 Å². The van der Waals surface area contributed by atoms with Gasteiger partial charge in [0, 0.05) is 0 Å². The van der Waals surface area contributed by atoms with Gasteiger partial charge >= 0.3 is 5.97 Å². The molecule has 2 rings (SSSR count). The van der Waals surface area contributed by atoms with E-state index in [-0.39, 0.29) is 0 Å². The number of hydrogen-bond acceptors (Lipinski definition) is 3. The van der Waals surface area contributed by atoms with Crippen molar-refractivity contribution in [2.45, 2.75) is 18.3 Å². The molecule has 0 unspecified atom stereocenters. The highest BCUT2D eigenvalue weighted by atomic mass is 17.1. The summed E-state index contributed by atoms with van der Waals surface area (Å²) in [4.78, 5) is 15.0. The molecule has 3 nitrogen and oxygen atoms in total. The van der Waals surface area contributed by atoms with Crippen LogP contribution in [0.4, 0.5) is 0 Å². The van der Waals surface area contributed by atoms with Crippen molar-refractivity contribution < 1.29 is 14.9 Å². The summed E-state index contributed by atoms with van der Waals surface area (Å²) in [5.74, 6) is -0.543. The van der Waals surface area contributed by atoms with Gasteiger partial charge in [0.05, 0.1) is 5.41 Å². The van der Waals surface area contributed by atoms with Gasteiger partial charge < -0.3 is 4.89 Å². The Hall–Kier alpha value is -1.35. The molecule has 0 aromatic heterocycles. The number of carbonyl (C=O) groups is 1. The van der Waals surface area contributed by atoms with E-state index in [0.717, 1.165) is 18.4 Å². The lowest BCUT2D eigenvalue weighted by atomic mass is 9.96. The van der Waals surface area contributed by atoms with Gasteiger partial charge in [0.25, 0.3) is 0 Å². The summed E-state index contributed by atoms with van der Waals surface area (Å²) < 4.78 is 0. The summed E-state index contributed by atoms with van der Waals surface area (Å²) in [6.45, 7) is 0. The van der Waals surface area contributed by atoms with Crippen molar-refractivity contribution in [1.82, 2.24) is 0 Å². The molecule has 0 radical (unpaired) electrons.